The van der Waals surface area contributed by atoms with Gasteiger partial charge in [0.05, 0.1) is 12.7 Å². The first-order valence-corrected chi connectivity index (χ1v) is 5.79. The molecule has 1 aliphatic rings. The van der Waals surface area contributed by atoms with E-state index in [0.29, 0.717) is 28.1 Å². The Bertz CT molecular complexity index is 719. The Kier molecular flexibility index (Phi) is 2.38. The third-order valence-electron chi connectivity index (χ3n) is 3.28. The lowest BCUT2D eigenvalue weighted by atomic mass is 9.83. The number of fused-ring (bicyclic) bond motifs is 2. The zero-order valence-electron chi connectivity index (χ0n) is 10.3. The molecule has 0 fully saturated rings. The van der Waals surface area contributed by atoms with Crippen molar-refractivity contribution >= 4 is 17.3 Å². The van der Waals surface area contributed by atoms with Crippen LogP contribution >= 0.6 is 0 Å². The van der Waals surface area contributed by atoms with Crippen LogP contribution in [0, 0.1) is 0 Å². The number of carbonyl (C=O) groups is 2. The zero-order chi connectivity index (χ0) is 13.6. The molecule has 0 spiro atoms. The lowest BCUT2D eigenvalue weighted by Gasteiger charge is -2.19. The molecule has 1 aliphatic carbocycles. The molecular weight excluding hydrogens is 242 g/mol. The predicted molar refractivity (Wildman–Crippen MR) is 70.7 cm³/mol. The molecule has 4 heteroatoms. The number of rotatable bonds is 1. The van der Waals surface area contributed by atoms with E-state index in [2.05, 4.69) is 0 Å². The summed E-state index contributed by atoms with van der Waals surface area (Å²) in [5.74, 6) is 0.124. The standard InChI is InChI=1S/C15H11NO3/c1-19-8-5-6-9-11(7-8)15(18)13-10(14(9)17)3-2-4-12(13)16/h2-7H,16H2,1H3. The molecule has 3 rings (SSSR count). The number of ketones is 2. The minimum atomic E-state index is -0.235. The van der Waals surface area contributed by atoms with Gasteiger partial charge in [-0.3, -0.25) is 9.59 Å². The number of methoxy groups -OCH3 is 1. The molecule has 0 bridgehead atoms. The smallest absolute Gasteiger partial charge is 0.196 e. The van der Waals surface area contributed by atoms with E-state index < -0.39 is 0 Å². The summed E-state index contributed by atoms with van der Waals surface area (Å²) in [5, 5.41) is 0. The van der Waals surface area contributed by atoms with Crippen LogP contribution in [0.3, 0.4) is 0 Å². The number of hydrogen-bond donors (Lipinski definition) is 1. The van der Waals surface area contributed by atoms with Crippen LogP contribution in [0.15, 0.2) is 36.4 Å². The molecule has 4 nitrogen and oxygen atoms in total. The van der Waals surface area contributed by atoms with Crippen LogP contribution in [0.4, 0.5) is 5.69 Å². The Morgan fingerprint density at radius 3 is 2.47 bits per heavy atom. The molecule has 0 saturated carbocycles. The normalized spacial score (nSPS) is 12.9. The van der Waals surface area contributed by atoms with Crippen molar-refractivity contribution in [1.82, 2.24) is 0 Å². The minimum Gasteiger partial charge on any atom is -0.497 e. The number of anilines is 1. The molecular formula is C15H11NO3. The number of hydrogen-bond acceptors (Lipinski definition) is 4. The second-order valence-corrected chi connectivity index (χ2v) is 4.34. The maximum Gasteiger partial charge on any atom is 0.196 e. The maximum atomic E-state index is 12.5. The van der Waals surface area contributed by atoms with Crippen LogP contribution in [-0.2, 0) is 0 Å². The van der Waals surface area contributed by atoms with Crippen molar-refractivity contribution < 1.29 is 14.3 Å². The van der Waals surface area contributed by atoms with Gasteiger partial charge in [0, 0.05) is 22.4 Å². The number of ether oxygens (including phenoxy) is 1. The highest BCUT2D eigenvalue weighted by molar-refractivity contribution is 6.30. The number of nitrogens with two attached hydrogens (primary N) is 1. The van der Waals surface area contributed by atoms with Gasteiger partial charge in [0.2, 0.25) is 0 Å². The van der Waals surface area contributed by atoms with Gasteiger partial charge in [0.15, 0.2) is 11.6 Å². The fourth-order valence-corrected chi connectivity index (χ4v) is 2.33. The first-order chi connectivity index (χ1) is 9.13. The van der Waals surface area contributed by atoms with Crippen LogP contribution in [-0.4, -0.2) is 18.7 Å². The molecule has 19 heavy (non-hydrogen) atoms. The van der Waals surface area contributed by atoms with Gasteiger partial charge in [-0.1, -0.05) is 12.1 Å². The summed E-state index contributed by atoms with van der Waals surface area (Å²) in [6.07, 6.45) is 0. The van der Waals surface area contributed by atoms with Gasteiger partial charge in [-0.25, -0.2) is 0 Å². The van der Waals surface area contributed by atoms with Crippen molar-refractivity contribution in [1.29, 1.82) is 0 Å². The minimum absolute atomic E-state index is 0.181. The Labute approximate surface area is 109 Å². The highest BCUT2D eigenvalue weighted by atomic mass is 16.5. The molecule has 0 heterocycles. The van der Waals surface area contributed by atoms with Crippen LogP contribution in [0.25, 0.3) is 0 Å². The molecule has 2 N–H and O–H groups in total. The lowest BCUT2D eigenvalue weighted by Crippen LogP contribution is -2.22. The van der Waals surface area contributed by atoms with Gasteiger partial charge in [-0.05, 0) is 24.3 Å². The Hall–Kier alpha value is -2.62. The summed E-state index contributed by atoms with van der Waals surface area (Å²) >= 11 is 0. The summed E-state index contributed by atoms with van der Waals surface area (Å²) in [5.41, 5.74) is 7.52. The summed E-state index contributed by atoms with van der Waals surface area (Å²) in [4.78, 5) is 24.8. The van der Waals surface area contributed by atoms with Gasteiger partial charge in [-0.2, -0.15) is 0 Å². The van der Waals surface area contributed by atoms with Crippen molar-refractivity contribution in [2.75, 3.05) is 12.8 Å². The fourth-order valence-electron chi connectivity index (χ4n) is 2.33. The molecule has 2 aromatic carbocycles. The SMILES string of the molecule is COc1ccc2c(c1)C(=O)c1c(N)cccc1C2=O. The Balaban J connectivity index is 2.30. The highest BCUT2D eigenvalue weighted by Gasteiger charge is 2.31. The molecule has 0 atom stereocenters. The van der Waals surface area contributed by atoms with E-state index in [1.165, 1.54) is 7.11 Å². The molecule has 0 aliphatic heterocycles. The van der Waals surface area contributed by atoms with E-state index in [1.54, 1.807) is 36.4 Å². The van der Waals surface area contributed by atoms with Crippen molar-refractivity contribution in [3.63, 3.8) is 0 Å². The molecule has 0 saturated heterocycles. The average Bonchev–Trinajstić information content (AvgIpc) is 2.44. The summed E-state index contributed by atoms with van der Waals surface area (Å²) < 4.78 is 5.09. The van der Waals surface area contributed by atoms with E-state index in [9.17, 15) is 9.59 Å². The van der Waals surface area contributed by atoms with Gasteiger partial charge in [-0.15, -0.1) is 0 Å². The maximum absolute atomic E-state index is 12.5. The number of benzene rings is 2. The van der Waals surface area contributed by atoms with Gasteiger partial charge in [0.1, 0.15) is 5.75 Å². The predicted octanol–water partition coefficient (Wildman–Crippen LogP) is 2.05. The van der Waals surface area contributed by atoms with Crippen LogP contribution in [0.5, 0.6) is 5.75 Å². The van der Waals surface area contributed by atoms with Crippen LogP contribution < -0.4 is 10.5 Å². The van der Waals surface area contributed by atoms with E-state index in [1.807, 2.05) is 0 Å². The molecule has 94 valence electrons. The van der Waals surface area contributed by atoms with Gasteiger partial charge < -0.3 is 10.5 Å². The number of nitrogen functional groups attached to an aromatic ring is 1. The van der Waals surface area contributed by atoms with E-state index in [0.717, 1.165) is 0 Å². The van der Waals surface area contributed by atoms with Crippen LogP contribution in [0.2, 0.25) is 0 Å². The van der Waals surface area contributed by atoms with Crippen molar-refractivity contribution in [2.45, 2.75) is 0 Å². The topological polar surface area (TPSA) is 69.4 Å². The molecule has 2 aromatic rings. The van der Waals surface area contributed by atoms with Crippen molar-refractivity contribution in [3.05, 3.63) is 58.7 Å². The molecule has 0 amide bonds. The summed E-state index contributed by atoms with van der Waals surface area (Å²) in [7, 11) is 1.51. The molecule has 0 radical (unpaired) electrons. The Morgan fingerprint density at radius 1 is 0.947 bits per heavy atom. The quantitative estimate of drug-likeness (QED) is 0.674. The summed E-state index contributed by atoms with van der Waals surface area (Å²) in [6, 6.07) is 9.77. The van der Waals surface area contributed by atoms with E-state index >= 15 is 0 Å². The van der Waals surface area contributed by atoms with Crippen molar-refractivity contribution in [3.8, 4) is 5.75 Å². The van der Waals surface area contributed by atoms with Gasteiger partial charge >= 0.3 is 0 Å². The van der Waals surface area contributed by atoms with Gasteiger partial charge in [0.25, 0.3) is 0 Å². The highest BCUT2D eigenvalue weighted by Crippen LogP contribution is 2.32. The molecule has 0 unspecified atom stereocenters. The van der Waals surface area contributed by atoms with E-state index in [4.69, 9.17) is 10.5 Å². The first kappa shape index (κ1) is 11.5. The van der Waals surface area contributed by atoms with Crippen LogP contribution in [0.1, 0.15) is 31.8 Å². The zero-order valence-corrected chi connectivity index (χ0v) is 10.3. The Morgan fingerprint density at radius 2 is 1.74 bits per heavy atom. The third-order valence-corrected chi connectivity index (χ3v) is 3.28. The fraction of sp³-hybridized carbons (Fsp3) is 0.0667. The second-order valence-electron chi connectivity index (χ2n) is 4.34. The third kappa shape index (κ3) is 1.53. The monoisotopic (exact) mass is 253 g/mol. The average molecular weight is 253 g/mol. The summed E-state index contributed by atoms with van der Waals surface area (Å²) in [6.45, 7) is 0. The lowest BCUT2D eigenvalue weighted by molar-refractivity contribution is 0.0979. The largest absolute Gasteiger partial charge is 0.497 e. The number of carbonyl (C=O) groups excluding carboxylic acids is 2. The first-order valence-electron chi connectivity index (χ1n) is 5.79. The van der Waals surface area contributed by atoms with E-state index in [-0.39, 0.29) is 17.1 Å². The molecule has 0 aromatic heterocycles. The van der Waals surface area contributed by atoms with Crippen molar-refractivity contribution in [2.24, 2.45) is 0 Å². The second kappa shape index (κ2) is 3.95.